The highest BCUT2D eigenvalue weighted by molar-refractivity contribution is 5.49. The number of aliphatic hydroxyl groups excluding tert-OH is 1. The highest BCUT2D eigenvalue weighted by Gasteiger charge is 2.19. The molecule has 0 amide bonds. The van der Waals surface area contributed by atoms with Crippen LogP contribution >= 0.6 is 0 Å². The van der Waals surface area contributed by atoms with Gasteiger partial charge >= 0.3 is 0 Å². The van der Waals surface area contributed by atoms with E-state index < -0.39 is 12.8 Å². The Morgan fingerprint density at radius 3 is 2.71 bits per heavy atom. The number of alkyl halides is 1. The van der Waals surface area contributed by atoms with E-state index in [2.05, 4.69) is 0 Å². The van der Waals surface area contributed by atoms with Crippen LogP contribution in [0.5, 0.6) is 11.5 Å². The second-order valence-corrected chi connectivity index (χ2v) is 3.21. The fraction of sp³-hybridized carbons (Fsp3) is 0.400. The van der Waals surface area contributed by atoms with Gasteiger partial charge in [-0.25, -0.2) is 4.39 Å². The maximum Gasteiger partial charge on any atom is 0.231 e. The zero-order valence-corrected chi connectivity index (χ0v) is 7.79. The topological polar surface area (TPSA) is 38.7 Å². The summed E-state index contributed by atoms with van der Waals surface area (Å²) in [6.45, 7) is 1.44. The molecule has 1 aliphatic rings. The third-order valence-electron chi connectivity index (χ3n) is 2.26. The molecule has 0 saturated carbocycles. The van der Waals surface area contributed by atoms with Gasteiger partial charge in [-0.2, -0.15) is 0 Å². The van der Waals surface area contributed by atoms with Crippen molar-refractivity contribution >= 4 is 0 Å². The summed E-state index contributed by atoms with van der Waals surface area (Å²) >= 11 is 0. The molecule has 3 nitrogen and oxygen atoms in total. The first-order chi connectivity index (χ1) is 6.72. The Bertz CT molecular complexity index is 351. The average molecular weight is 198 g/mol. The molecule has 76 valence electrons. The van der Waals surface area contributed by atoms with Gasteiger partial charge in [0.25, 0.3) is 0 Å². The molecule has 1 atom stereocenters. The second-order valence-electron chi connectivity index (χ2n) is 3.21. The Morgan fingerprint density at radius 1 is 1.43 bits per heavy atom. The Balaban J connectivity index is 2.42. The SMILES string of the molecule is Cc1cc2c(cc1C(F)CO)OCO2. The normalized spacial score (nSPS) is 15.6. The highest BCUT2D eigenvalue weighted by atomic mass is 19.1. The van der Waals surface area contributed by atoms with Crippen molar-refractivity contribution in [1.82, 2.24) is 0 Å². The molecule has 1 aromatic rings. The number of hydrogen-bond donors (Lipinski definition) is 1. The minimum atomic E-state index is -1.36. The summed E-state index contributed by atoms with van der Waals surface area (Å²) in [6.07, 6.45) is -1.36. The monoisotopic (exact) mass is 198 g/mol. The molecule has 0 aromatic heterocycles. The van der Waals surface area contributed by atoms with Crippen LogP contribution in [0.3, 0.4) is 0 Å². The minimum absolute atomic E-state index is 0.175. The molecule has 0 saturated heterocycles. The van der Waals surface area contributed by atoms with Crippen molar-refractivity contribution < 1.29 is 19.0 Å². The van der Waals surface area contributed by atoms with Gasteiger partial charge < -0.3 is 14.6 Å². The third kappa shape index (κ3) is 1.42. The molecule has 14 heavy (non-hydrogen) atoms. The Hall–Kier alpha value is -1.29. The number of aryl methyl sites for hydroxylation is 1. The van der Waals surface area contributed by atoms with Crippen LogP contribution in [0, 0.1) is 6.92 Å². The quantitative estimate of drug-likeness (QED) is 0.786. The van der Waals surface area contributed by atoms with E-state index in [1.807, 2.05) is 0 Å². The molecule has 0 aliphatic carbocycles. The predicted octanol–water partition coefficient (Wildman–Crippen LogP) is 1.73. The molecule has 0 radical (unpaired) electrons. The molecule has 1 aromatic carbocycles. The Kier molecular flexibility index (Phi) is 2.29. The third-order valence-corrected chi connectivity index (χ3v) is 2.26. The zero-order chi connectivity index (χ0) is 10.1. The molecule has 0 bridgehead atoms. The lowest BCUT2D eigenvalue weighted by molar-refractivity contribution is 0.172. The molecule has 2 rings (SSSR count). The molecular formula is C10H11FO3. The molecule has 1 N–H and O–H groups in total. The van der Waals surface area contributed by atoms with E-state index in [-0.39, 0.29) is 6.79 Å². The number of hydrogen-bond acceptors (Lipinski definition) is 3. The van der Waals surface area contributed by atoms with E-state index >= 15 is 0 Å². The average Bonchev–Trinajstić information content (AvgIpc) is 2.62. The summed E-state index contributed by atoms with van der Waals surface area (Å²) in [5.74, 6) is 1.18. The first-order valence-electron chi connectivity index (χ1n) is 4.37. The van der Waals surface area contributed by atoms with E-state index in [0.717, 1.165) is 5.56 Å². The van der Waals surface area contributed by atoms with Gasteiger partial charge in [0.2, 0.25) is 6.79 Å². The van der Waals surface area contributed by atoms with Crippen LogP contribution < -0.4 is 9.47 Å². The van der Waals surface area contributed by atoms with Crippen molar-refractivity contribution in [2.75, 3.05) is 13.4 Å². The van der Waals surface area contributed by atoms with E-state index in [1.165, 1.54) is 0 Å². The molecule has 1 unspecified atom stereocenters. The largest absolute Gasteiger partial charge is 0.454 e. The minimum Gasteiger partial charge on any atom is -0.454 e. The number of fused-ring (bicyclic) bond motifs is 1. The van der Waals surface area contributed by atoms with Crippen LogP contribution in [-0.2, 0) is 0 Å². The lowest BCUT2D eigenvalue weighted by atomic mass is 10.0. The van der Waals surface area contributed by atoms with Crippen molar-refractivity contribution in [3.63, 3.8) is 0 Å². The van der Waals surface area contributed by atoms with Gasteiger partial charge in [0.15, 0.2) is 11.5 Å². The summed E-state index contributed by atoms with van der Waals surface area (Å²) in [7, 11) is 0. The van der Waals surface area contributed by atoms with E-state index in [1.54, 1.807) is 19.1 Å². The zero-order valence-electron chi connectivity index (χ0n) is 7.79. The van der Waals surface area contributed by atoms with Crippen molar-refractivity contribution in [2.45, 2.75) is 13.1 Å². The smallest absolute Gasteiger partial charge is 0.231 e. The lowest BCUT2D eigenvalue weighted by Gasteiger charge is -2.09. The van der Waals surface area contributed by atoms with Crippen LogP contribution in [0.25, 0.3) is 0 Å². The molecule has 0 spiro atoms. The summed E-state index contributed by atoms with van der Waals surface area (Å²) in [6, 6.07) is 3.30. The van der Waals surface area contributed by atoms with Gasteiger partial charge in [-0.15, -0.1) is 0 Å². The fourth-order valence-electron chi connectivity index (χ4n) is 1.50. The summed E-state index contributed by atoms with van der Waals surface area (Å²) in [5, 5.41) is 8.71. The Labute approximate surface area is 81.1 Å². The number of rotatable bonds is 2. The molecule has 1 aliphatic heterocycles. The number of benzene rings is 1. The number of halogens is 1. The van der Waals surface area contributed by atoms with Crippen molar-refractivity contribution in [3.8, 4) is 11.5 Å². The van der Waals surface area contributed by atoms with Gasteiger partial charge in [-0.05, 0) is 30.2 Å². The van der Waals surface area contributed by atoms with Gasteiger partial charge in [0.1, 0.15) is 6.17 Å². The van der Waals surface area contributed by atoms with E-state index in [4.69, 9.17) is 14.6 Å². The van der Waals surface area contributed by atoms with Crippen molar-refractivity contribution in [3.05, 3.63) is 23.3 Å². The maximum absolute atomic E-state index is 13.2. The van der Waals surface area contributed by atoms with Gasteiger partial charge in [0, 0.05) is 0 Å². The first-order valence-corrected chi connectivity index (χ1v) is 4.37. The predicted molar refractivity (Wildman–Crippen MR) is 48.2 cm³/mol. The summed E-state index contributed by atoms with van der Waals surface area (Å²) in [4.78, 5) is 0. The van der Waals surface area contributed by atoms with E-state index in [9.17, 15) is 4.39 Å². The number of aliphatic hydroxyl groups is 1. The fourth-order valence-corrected chi connectivity index (χ4v) is 1.50. The summed E-state index contributed by atoms with van der Waals surface area (Å²) < 4.78 is 23.5. The maximum atomic E-state index is 13.2. The van der Waals surface area contributed by atoms with Crippen LogP contribution in [0.1, 0.15) is 17.3 Å². The molecule has 1 heterocycles. The van der Waals surface area contributed by atoms with Crippen LogP contribution in [0.2, 0.25) is 0 Å². The molecular weight excluding hydrogens is 187 g/mol. The number of ether oxygens (including phenoxy) is 2. The van der Waals surface area contributed by atoms with Gasteiger partial charge in [0.05, 0.1) is 6.61 Å². The van der Waals surface area contributed by atoms with Crippen molar-refractivity contribution in [1.29, 1.82) is 0 Å². The second kappa shape index (κ2) is 3.46. The Morgan fingerprint density at radius 2 is 2.07 bits per heavy atom. The van der Waals surface area contributed by atoms with Crippen LogP contribution in [-0.4, -0.2) is 18.5 Å². The molecule has 0 fully saturated rings. The standard InChI is InChI=1S/C10H11FO3/c1-6-2-9-10(14-5-13-9)3-7(6)8(11)4-12/h2-3,8,12H,4-5H2,1H3. The molecule has 4 heteroatoms. The van der Waals surface area contributed by atoms with Gasteiger partial charge in [-0.3, -0.25) is 0 Å². The van der Waals surface area contributed by atoms with Crippen molar-refractivity contribution in [2.24, 2.45) is 0 Å². The van der Waals surface area contributed by atoms with E-state index in [0.29, 0.717) is 17.1 Å². The van der Waals surface area contributed by atoms with Crippen LogP contribution in [0.15, 0.2) is 12.1 Å². The highest BCUT2D eigenvalue weighted by Crippen LogP contribution is 2.37. The van der Waals surface area contributed by atoms with Gasteiger partial charge in [-0.1, -0.05) is 0 Å². The first kappa shape index (κ1) is 9.27. The summed E-state index contributed by atoms with van der Waals surface area (Å²) in [5.41, 5.74) is 1.22. The lowest BCUT2D eigenvalue weighted by Crippen LogP contribution is -1.99. The van der Waals surface area contributed by atoms with Crippen LogP contribution in [0.4, 0.5) is 4.39 Å².